The molecule has 1 aliphatic carbocycles. The predicted octanol–water partition coefficient (Wildman–Crippen LogP) is 2.96. The third-order valence-corrected chi connectivity index (χ3v) is 2.84. The van der Waals surface area contributed by atoms with Crippen molar-refractivity contribution in [3.8, 4) is 11.1 Å². The van der Waals surface area contributed by atoms with E-state index in [4.69, 9.17) is 0 Å². The number of rotatable bonds is 0. The Morgan fingerprint density at radius 3 is 2.93 bits per heavy atom. The fraction of sp³-hybridized carbons (Fsp3) is 0.154. The molecule has 1 aromatic heterocycles. The lowest BCUT2D eigenvalue weighted by Crippen LogP contribution is -1.80. The summed E-state index contributed by atoms with van der Waals surface area (Å²) in [7, 11) is 0. The molecule has 0 unspecified atom stereocenters. The van der Waals surface area contributed by atoms with Gasteiger partial charge in [-0.3, -0.25) is 4.98 Å². The minimum atomic E-state index is 1.04. The first kappa shape index (κ1) is 7.74. The van der Waals surface area contributed by atoms with Crippen molar-refractivity contribution in [1.29, 1.82) is 0 Å². The van der Waals surface area contributed by atoms with Crippen molar-refractivity contribution in [1.82, 2.24) is 4.98 Å². The van der Waals surface area contributed by atoms with Gasteiger partial charge in [0.05, 0.1) is 0 Å². The maximum Gasteiger partial charge on any atom is 0.0309 e. The number of aromatic nitrogens is 1. The molecule has 0 saturated carbocycles. The van der Waals surface area contributed by atoms with E-state index in [2.05, 4.69) is 36.2 Å². The van der Waals surface area contributed by atoms with Crippen LogP contribution in [0.5, 0.6) is 0 Å². The second-order valence-corrected chi connectivity index (χ2v) is 3.87. The van der Waals surface area contributed by atoms with Crippen LogP contribution in [0.25, 0.3) is 11.1 Å². The lowest BCUT2D eigenvalue weighted by molar-refractivity contribution is 1.20. The average molecular weight is 181 g/mol. The zero-order chi connectivity index (χ0) is 9.54. The molecular formula is C13H11N. The van der Waals surface area contributed by atoms with Gasteiger partial charge in [-0.15, -0.1) is 0 Å². The Morgan fingerprint density at radius 2 is 2.00 bits per heavy atom. The first-order valence-corrected chi connectivity index (χ1v) is 4.87. The molecule has 1 nitrogen and oxygen atoms in total. The molecule has 2 aromatic rings. The number of pyridine rings is 1. The second kappa shape index (κ2) is 2.68. The average Bonchev–Trinajstić information content (AvgIpc) is 2.56. The van der Waals surface area contributed by atoms with Crippen molar-refractivity contribution >= 4 is 0 Å². The van der Waals surface area contributed by atoms with Crippen molar-refractivity contribution in [3.05, 3.63) is 53.3 Å². The molecule has 0 atom stereocenters. The number of hydrogen-bond donors (Lipinski definition) is 0. The molecule has 1 aromatic carbocycles. The summed E-state index contributed by atoms with van der Waals surface area (Å²) in [5.41, 5.74) is 6.86. The van der Waals surface area contributed by atoms with Crippen LogP contribution in [0.2, 0.25) is 0 Å². The maximum absolute atomic E-state index is 4.16. The van der Waals surface area contributed by atoms with Crippen LogP contribution in [-0.2, 0) is 6.42 Å². The number of fused-ring (bicyclic) bond motifs is 3. The fourth-order valence-corrected chi connectivity index (χ4v) is 2.13. The number of hydrogen-bond acceptors (Lipinski definition) is 1. The van der Waals surface area contributed by atoms with E-state index in [0.29, 0.717) is 0 Å². The van der Waals surface area contributed by atoms with Crippen molar-refractivity contribution in [2.45, 2.75) is 13.3 Å². The van der Waals surface area contributed by atoms with Gasteiger partial charge < -0.3 is 0 Å². The molecule has 68 valence electrons. The van der Waals surface area contributed by atoms with Gasteiger partial charge in [0.2, 0.25) is 0 Å². The van der Waals surface area contributed by atoms with Gasteiger partial charge in [-0.1, -0.05) is 23.8 Å². The molecular weight excluding hydrogens is 170 g/mol. The summed E-state index contributed by atoms with van der Waals surface area (Å²) in [6.07, 6.45) is 4.89. The third kappa shape index (κ3) is 0.987. The number of nitrogens with zero attached hydrogens (tertiary/aromatic N) is 1. The van der Waals surface area contributed by atoms with Crippen molar-refractivity contribution in [2.75, 3.05) is 0 Å². The lowest BCUT2D eigenvalue weighted by Gasteiger charge is -2.00. The van der Waals surface area contributed by atoms with Gasteiger partial charge in [-0.2, -0.15) is 0 Å². The van der Waals surface area contributed by atoms with Crippen LogP contribution in [0.1, 0.15) is 16.7 Å². The lowest BCUT2D eigenvalue weighted by atomic mass is 10.0. The SMILES string of the molecule is Cc1ccc2c(c1)-c1ccncc1C2. The van der Waals surface area contributed by atoms with Gasteiger partial charge in [-0.25, -0.2) is 0 Å². The van der Waals surface area contributed by atoms with Crippen LogP contribution in [-0.4, -0.2) is 4.98 Å². The highest BCUT2D eigenvalue weighted by molar-refractivity contribution is 5.76. The Labute approximate surface area is 83.4 Å². The molecule has 0 N–H and O–H groups in total. The Balaban J connectivity index is 2.30. The molecule has 0 radical (unpaired) electrons. The smallest absolute Gasteiger partial charge is 0.0309 e. The van der Waals surface area contributed by atoms with E-state index in [9.17, 15) is 0 Å². The molecule has 1 heteroatoms. The Bertz CT molecular complexity index is 500. The summed E-state index contributed by atoms with van der Waals surface area (Å²) in [6, 6.07) is 8.78. The van der Waals surface area contributed by atoms with Gasteiger partial charge >= 0.3 is 0 Å². The molecule has 14 heavy (non-hydrogen) atoms. The molecule has 1 aliphatic rings. The monoisotopic (exact) mass is 181 g/mol. The Kier molecular flexibility index (Phi) is 1.48. The third-order valence-electron chi connectivity index (χ3n) is 2.84. The molecule has 0 saturated heterocycles. The number of benzene rings is 1. The molecule has 0 bridgehead atoms. The van der Waals surface area contributed by atoms with E-state index >= 15 is 0 Å². The van der Waals surface area contributed by atoms with E-state index < -0.39 is 0 Å². The van der Waals surface area contributed by atoms with Crippen LogP contribution >= 0.6 is 0 Å². The highest BCUT2D eigenvalue weighted by Crippen LogP contribution is 2.36. The van der Waals surface area contributed by atoms with Crippen molar-refractivity contribution in [3.63, 3.8) is 0 Å². The standard InChI is InChI=1S/C13H11N/c1-9-2-3-10-7-11-8-14-5-4-12(11)13(10)6-9/h2-6,8H,7H2,1H3. The molecule has 0 aliphatic heterocycles. The van der Waals surface area contributed by atoms with Crippen molar-refractivity contribution in [2.24, 2.45) is 0 Å². The van der Waals surface area contributed by atoms with Crippen LogP contribution in [0, 0.1) is 6.92 Å². The molecule has 0 spiro atoms. The Morgan fingerprint density at radius 1 is 1.07 bits per heavy atom. The van der Waals surface area contributed by atoms with Crippen LogP contribution in [0.4, 0.5) is 0 Å². The minimum absolute atomic E-state index is 1.04. The largest absolute Gasteiger partial charge is 0.264 e. The highest BCUT2D eigenvalue weighted by atomic mass is 14.6. The van der Waals surface area contributed by atoms with E-state index in [1.807, 2.05) is 12.4 Å². The summed E-state index contributed by atoms with van der Waals surface area (Å²) >= 11 is 0. The summed E-state index contributed by atoms with van der Waals surface area (Å²) in [5.74, 6) is 0. The molecule has 0 amide bonds. The van der Waals surface area contributed by atoms with Gasteiger partial charge in [0.1, 0.15) is 0 Å². The van der Waals surface area contributed by atoms with Crippen LogP contribution in [0.3, 0.4) is 0 Å². The first-order chi connectivity index (χ1) is 6.84. The van der Waals surface area contributed by atoms with E-state index in [1.165, 1.54) is 27.8 Å². The first-order valence-electron chi connectivity index (χ1n) is 4.87. The van der Waals surface area contributed by atoms with Gasteiger partial charge in [0, 0.05) is 18.8 Å². The fourth-order valence-electron chi connectivity index (χ4n) is 2.13. The molecule has 3 rings (SSSR count). The Hall–Kier alpha value is -1.63. The second-order valence-electron chi connectivity index (χ2n) is 3.87. The summed E-state index contributed by atoms with van der Waals surface area (Å²) in [5, 5.41) is 0. The van der Waals surface area contributed by atoms with Crippen molar-refractivity contribution < 1.29 is 0 Å². The van der Waals surface area contributed by atoms with E-state index in [1.54, 1.807) is 0 Å². The normalized spacial score (nSPS) is 12.4. The molecule has 1 heterocycles. The highest BCUT2D eigenvalue weighted by Gasteiger charge is 2.17. The summed E-state index contributed by atoms with van der Waals surface area (Å²) in [4.78, 5) is 4.16. The topological polar surface area (TPSA) is 12.9 Å². The zero-order valence-electron chi connectivity index (χ0n) is 8.12. The van der Waals surface area contributed by atoms with Crippen LogP contribution in [0.15, 0.2) is 36.7 Å². The van der Waals surface area contributed by atoms with Gasteiger partial charge in [0.15, 0.2) is 0 Å². The minimum Gasteiger partial charge on any atom is -0.264 e. The zero-order valence-corrected chi connectivity index (χ0v) is 8.12. The molecule has 0 fully saturated rings. The van der Waals surface area contributed by atoms with E-state index in [0.717, 1.165) is 6.42 Å². The van der Waals surface area contributed by atoms with Gasteiger partial charge in [-0.05, 0) is 35.2 Å². The maximum atomic E-state index is 4.16. The quantitative estimate of drug-likeness (QED) is 0.519. The number of aryl methyl sites for hydroxylation is 1. The van der Waals surface area contributed by atoms with E-state index in [-0.39, 0.29) is 0 Å². The van der Waals surface area contributed by atoms with Crippen LogP contribution < -0.4 is 0 Å². The summed E-state index contributed by atoms with van der Waals surface area (Å²) in [6.45, 7) is 2.14. The predicted molar refractivity (Wildman–Crippen MR) is 57.2 cm³/mol. The summed E-state index contributed by atoms with van der Waals surface area (Å²) < 4.78 is 0. The van der Waals surface area contributed by atoms with Gasteiger partial charge in [0.25, 0.3) is 0 Å².